The van der Waals surface area contributed by atoms with E-state index < -0.39 is 17.8 Å². The van der Waals surface area contributed by atoms with Crippen molar-refractivity contribution in [2.24, 2.45) is 0 Å². The number of para-hydroxylation sites is 1. The van der Waals surface area contributed by atoms with Crippen LogP contribution in [0, 0.1) is 34.6 Å². The highest BCUT2D eigenvalue weighted by atomic mass is 35.5. The average Bonchev–Trinajstić information content (AvgIpc) is 3.01. The molecule has 1 fully saturated rings. The van der Waals surface area contributed by atoms with Crippen molar-refractivity contribution in [1.82, 2.24) is 9.88 Å². The normalized spacial score (nSPS) is 15.4. The van der Waals surface area contributed by atoms with Crippen LogP contribution >= 0.6 is 11.6 Å². The fourth-order valence-electron chi connectivity index (χ4n) is 4.20. The summed E-state index contributed by atoms with van der Waals surface area (Å²) in [6.07, 6.45) is 1.54. The first-order valence-electron chi connectivity index (χ1n) is 10.5. The number of imide groups is 2. The van der Waals surface area contributed by atoms with Gasteiger partial charge in [0.15, 0.2) is 0 Å². The van der Waals surface area contributed by atoms with Gasteiger partial charge in [0.25, 0.3) is 11.8 Å². The molecule has 33 heavy (non-hydrogen) atoms. The van der Waals surface area contributed by atoms with Crippen LogP contribution in [-0.4, -0.2) is 22.4 Å². The molecule has 0 saturated carbocycles. The van der Waals surface area contributed by atoms with Gasteiger partial charge in [-0.3, -0.25) is 14.9 Å². The Morgan fingerprint density at radius 2 is 1.55 bits per heavy atom. The Labute approximate surface area is 197 Å². The highest BCUT2D eigenvalue weighted by Gasteiger charge is 2.37. The number of hydrogen-bond acceptors (Lipinski definition) is 3. The van der Waals surface area contributed by atoms with E-state index >= 15 is 0 Å². The molecule has 0 radical (unpaired) electrons. The molecule has 1 saturated heterocycles. The van der Waals surface area contributed by atoms with E-state index in [0.29, 0.717) is 10.7 Å². The monoisotopic (exact) mass is 461 g/mol. The third-order valence-corrected chi connectivity index (χ3v) is 6.36. The van der Waals surface area contributed by atoms with Crippen molar-refractivity contribution in [3.63, 3.8) is 0 Å². The second-order valence-electron chi connectivity index (χ2n) is 8.29. The van der Waals surface area contributed by atoms with Gasteiger partial charge in [-0.2, -0.15) is 0 Å². The summed E-state index contributed by atoms with van der Waals surface area (Å²) in [6, 6.07) is 12.1. The predicted molar refractivity (Wildman–Crippen MR) is 130 cm³/mol. The zero-order valence-electron chi connectivity index (χ0n) is 19.1. The number of hydrogen-bond donors (Lipinski definition) is 1. The smallest absolute Gasteiger partial charge is 0.317 e. The Morgan fingerprint density at radius 3 is 2.18 bits per heavy atom. The van der Waals surface area contributed by atoms with Crippen LogP contribution in [0.25, 0.3) is 11.8 Å². The number of amides is 4. The van der Waals surface area contributed by atoms with Gasteiger partial charge in [-0.1, -0.05) is 35.9 Å². The van der Waals surface area contributed by atoms with Gasteiger partial charge in [-0.15, -0.1) is 0 Å². The number of nitrogens with zero attached hydrogens (tertiary/aromatic N) is 2. The van der Waals surface area contributed by atoms with Crippen LogP contribution in [0.4, 0.5) is 10.5 Å². The van der Waals surface area contributed by atoms with E-state index in [4.69, 9.17) is 11.6 Å². The van der Waals surface area contributed by atoms with Gasteiger partial charge < -0.3 is 4.57 Å². The number of aromatic nitrogens is 1. The van der Waals surface area contributed by atoms with Gasteiger partial charge in [0.2, 0.25) is 0 Å². The Hall–Kier alpha value is -3.64. The zero-order chi connectivity index (χ0) is 24.0. The Bertz CT molecular complexity index is 1350. The number of benzene rings is 2. The number of carbonyl (C=O) groups is 3. The van der Waals surface area contributed by atoms with Crippen molar-refractivity contribution in [3.05, 3.63) is 86.7 Å². The minimum atomic E-state index is -0.803. The Kier molecular flexibility index (Phi) is 5.72. The van der Waals surface area contributed by atoms with Crippen LogP contribution in [0.3, 0.4) is 0 Å². The number of halogens is 1. The largest absolute Gasteiger partial charge is 0.335 e. The fourth-order valence-corrected chi connectivity index (χ4v) is 4.38. The molecule has 0 bridgehead atoms. The molecule has 1 aromatic heterocycles. The lowest BCUT2D eigenvalue weighted by atomic mass is 10.1. The topological polar surface area (TPSA) is 71.4 Å². The SMILES string of the molecule is Cc1ccc(N2C(=O)NC(=O)/C(=C/c3cc(C)n(-c4c(C)cccc4C)c3C)C2=O)cc1Cl. The molecule has 3 aromatic rings. The van der Waals surface area contributed by atoms with Crippen molar-refractivity contribution in [2.75, 3.05) is 4.90 Å². The molecule has 0 spiro atoms. The summed E-state index contributed by atoms with van der Waals surface area (Å²) < 4.78 is 2.12. The number of aryl methyl sites for hydroxylation is 4. The number of carbonyl (C=O) groups excluding carboxylic acids is 3. The molecule has 1 N–H and O–H groups in total. The molecule has 0 aliphatic carbocycles. The number of rotatable bonds is 3. The van der Waals surface area contributed by atoms with E-state index in [1.807, 2.05) is 58.9 Å². The van der Waals surface area contributed by atoms with E-state index in [-0.39, 0.29) is 5.57 Å². The maximum absolute atomic E-state index is 13.3. The number of barbiturate groups is 1. The first kappa shape index (κ1) is 22.6. The molecule has 6 nitrogen and oxygen atoms in total. The molecular weight excluding hydrogens is 438 g/mol. The molecule has 0 unspecified atom stereocenters. The summed E-state index contributed by atoms with van der Waals surface area (Å²) in [5.74, 6) is -1.42. The van der Waals surface area contributed by atoms with E-state index in [9.17, 15) is 14.4 Å². The summed E-state index contributed by atoms with van der Waals surface area (Å²) >= 11 is 6.19. The average molecular weight is 462 g/mol. The molecular formula is C26H24ClN3O3. The van der Waals surface area contributed by atoms with Crippen LogP contribution in [0.5, 0.6) is 0 Å². The summed E-state index contributed by atoms with van der Waals surface area (Å²) in [6.45, 7) is 9.85. The molecule has 4 rings (SSSR count). The molecule has 1 aliphatic rings. The Morgan fingerprint density at radius 1 is 0.879 bits per heavy atom. The van der Waals surface area contributed by atoms with Crippen LogP contribution in [-0.2, 0) is 9.59 Å². The van der Waals surface area contributed by atoms with Gasteiger partial charge in [0.1, 0.15) is 5.57 Å². The maximum Gasteiger partial charge on any atom is 0.335 e. The van der Waals surface area contributed by atoms with Crippen LogP contribution < -0.4 is 10.2 Å². The second-order valence-corrected chi connectivity index (χ2v) is 8.70. The van der Waals surface area contributed by atoms with Crippen molar-refractivity contribution < 1.29 is 14.4 Å². The van der Waals surface area contributed by atoms with Crippen LogP contribution in [0.1, 0.15) is 33.6 Å². The van der Waals surface area contributed by atoms with Crippen molar-refractivity contribution in [3.8, 4) is 5.69 Å². The fraction of sp³-hybridized carbons (Fsp3) is 0.192. The van der Waals surface area contributed by atoms with Gasteiger partial charge in [-0.25, -0.2) is 9.69 Å². The predicted octanol–water partition coefficient (Wildman–Crippen LogP) is 5.34. The highest BCUT2D eigenvalue weighted by Crippen LogP contribution is 2.30. The lowest BCUT2D eigenvalue weighted by Crippen LogP contribution is -2.54. The molecule has 0 atom stereocenters. The van der Waals surface area contributed by atoms with Gasteiger partial charge in [-0.05, 0) is 81.1 Å². The zero-order valence-corrected chi connectivity index (χ0v) is 19.9. The first-order valence-corrected chi connectivity index (χ1v) is 10.9. The van der Waals surface area contributed by atoms with E-state index in [2.05, 4.69) is 9.88 Å². The van der Waals surface area contributed by atoms with Crippen molar-refractivity contribution >= 4 is 41.2 Å². The van der Waals surface area contributed by atoms with Crippen molar-refractivity contribution in [2.45, 2.75) is 34.6 Å². The molecule has 168 valence electrons. The maximum atomic E-state index is 13.3. The summed E-state index contributed by atoms with van der Waals surface area (Å²) in [7, 11) is 0. The standard InChI is InChI=1S/C26H24ClN3O3/c1-14-9-10-20(13-22(14)27)30-25(32)21(24(31)28-26(30)33)12-19-11-17(4)29(18(19)5)23-15(2)7-6-8-16(23)3/h6-13H,1-5H3,(H,28,31,33)/b21-12-. The molecule has 4 amide bonds. The number of nitrogens with one attached hydrogen (secondary N) is 1. The minimum Gasteiger partial charge on any atom is -0.317 e. The van der Waals surface area contributed by atoms with Crippen molar-refractivity contribution in [1.29, 1.82) is 0 Å². The van der Waals surface area contributed by atoms with E-state index in [0.717, 1.165) is 44.2 Å². The summed E-state index contributed by atoms with van der Waals surface area (Å²) in [5, 5.41) is 2.69. The van der Waals surface area contributed by atoms with Crippen LogP contribution in [0.15, 0.2) is 48.0 Å². The second kappa shape index (κ2) is 8.37. The number of urea groups is 1. The summed E-state index contributed by atoms with van der Waals surface area (Å²) in [5.41, 5.74) is 6.90. The highest BCUT2D eigenvalue weighted by molar-refractivity contribution is 6.39. The third-order valence-electron chi connectivity index (χ3n) is 5.95. The quantitative estimate of drug-likeness (QED) is 0.422. The van der Waals surface area contributed by atoms with Gasteiger partial charge in [0, 0.05) is 16.4 Å². The van der Waals surface area contributed by atoms with Gasteiger partial charge >= 0.3 is 6.03 Å². The molecule has 2 aromatic carbocycles. The lowest BCUT2D eigenvalue weighted by Gasteiger charge is -2.26. The molecule has 2 heterocycles. The number of anilines is 1. The first-order chi connectivity index (χ1) is 15.6. The third kappa shape index (κ3) is 3.87. The van der Waals surface area contributed by atoms with Crippen LogP contribution in [0.2, 0.25) is 5.02 Å². The lowest BCUT2D eigenvalue weighted by molar-refractivity contribution is -0.122. The molecule has 7 heteroatoms. The Balaban J connectivity index is 1.80. The summed E-state index contributed by atoms with van der Waals surface area (Å²) in [4.78, 5) is 39.3. The van der Waals surface area contributed by atoms with Gasteiger partial charge in [0.05, 0.1) is 11.4 Å². The van der Waals surface area contributed by atoms with E-state index in [1.54, 1.807) is 18.2 Å². The van der Waals surface area contributed by atoms with E-state index in [1.165, 1.54) is 6.07 Å². The molecule has 1 aliphatic heterocycles. The minimum absolute atomic E-state index is 0.118.